The van der Waals surface area contributed by atoms with Crippen LogP contribution in [0.5, 0.6) is 0 Å². The summed E-state index contributed by atoms with van der Waals surface area (Å²) in [5.74, 6) is 0.491. The van der Waals surface area contributed by atoms with Gasteiger partial charge in [-0.3, -0.25) is 4.98 Å². The highest BCUT2D eigenvalue weighted by molar-refractivity contribution is 7.99. The zero-order chi connectivity index (χ0) is 16.4. The molecule has 0 aromatic carbocycles. The van der Waals surface area contributed by atoms with E-state index in [-0.39, 0.29) is 5.25 Å². The van der Waals surface area contributed by atoms with Crippen LogP contribution in [0.15, 0.2) is 39.2 Å². The van der Waals surface area contributed by atoms with E-state index in [1.807, 2.05) is 6.26 Å². The van der Waals surface area contributed by atoms with Crippen LogP contribution in [0.4, 0.5) is 5.82 Å². The molecule has 0 aliphatic carbocycles. The third-order valence-corrected chi connectivity index (χ3v) is 5.17. The van der Waals surface area contributed by atoms with Crippen molar-refractivity contribution in [1.29, 1.82) is 0 Å². The van der Waals surface area contributed by atoms with E-state index in [1.54, 1.807) is 42.1 Å². The second-order valence-corrected chi connectivity index (χ2v) is 7.23. The normalized spacial score (nSPS) is 12.7. The summed E-state index contributed by atoms with van der Waals surface area (Å²) >= 11 is 3.11. The van der Waals surface area contributed by atoms with Gasteiger partial charge in [0.2, 0.25) is 0 Å². The maximum absolute atomic E-state index is 5.84. The molecule has 0 fully saturated rings. The first kappa shape index (κ1) is 16.1. The molecule has 3 aromatic heterocycles. The van der Waals surface area contributed by atoms with E-state index in [9.17, 15) is 0 Å². The van der Waals surface area contributed by atoms with Crippen molar-refractivity contribution in [2.24, 2.45) is 0 Å². The van der Waals surface area contributed by atoms with Gasteiger partial charge in [0.1, 0.15) is 10.8 Å². The summed E-state index contributed by atoms with van der Waals surface area (Å²) in [4.78, 5) is 13.3. The van der Waals surface area contributed by atoms with Crippen molar-refractivity contribution < 1.29 is 4.42 Å². The lowest BCUT2D eigenvalue weighted by Gasteiger charge is -2.10. The Balaban J connectivity index is 1.88. The monoisotopic (exact) mass is 346 g/mol. The Morgan fingerprint density at radius 3 is 2.87 bits per heavy atom. The Labute approximate surface area is 143 Å². The first-order chi connectivity index (χ1) is 11.1. The number of furan rings is 1. The number of fused-ring (bicyclic) bond motifs is 1. The Morgan fingerprint density at radius 1 is 1.30 bits per heavy atom. The van der Waals surface area contributed by atoms with E-state index in [4.69, 9.17) is 10.2 Å². The second kappa shape index (κ2) is 6.80. The molecule has 23 heavy (non-hydrogen) atoms. The first-order valence-corrected chi connectivity index (χ1v) is 9.42. The van der Waals surface area contributed by atoms with E-state index in [0.29, 0.717) is 11.0 Å². The van der Waals surface area contributed by atoms with Gasteiger partial charge in [0, 0.05) is 11.5 Å². The fourth-order valence-electron chi connectivity index (χ4n) is 2.29. The molecule has 2 N–H and O–H groups in total. The molecule has 0 bridgehead atoms. The third-order valence-electron chi connectivity index (χ3n) is 3.55. The van der Waals surface area contributed by atoms with Gasteiger partial charge in [-0.2, -0.15) is 0 Å². The maximum Gasteiger partial charge on any atom is 0.191 e. The van der Waals surface area contributed by atoms with Crippen molar-refractivity contribution in [1.82, 2.24) is 15.0 Å². The summed E-state index contributed by atoms with van der Waals surface area (Å²) in [6.07, 6.45) is 6.50. The van der Waals surface area contributed by atoms with Crippen LogP contribution in [0, 0.1) is 0 Å². The molecule has 3 aromatic rings. The molecule has 0 aliphatic heterocycles. The van der Waals surface area contributed by atoms with Crippen LogP contribution in [-0.2, 0) is 6.42 Å². The molecule has 0 amide bonds. The quantitative estimate of drug-likeness (QED) is 0.418. The highest BCUT2D eigenvalue weighted by Crippen LogP contribution is 2.34. The van der Waals surface area contributed by atoms with E-state index >= 15 is 0 Å². The lowest BCUT2D eigenvalue weighted by molar-refractivity contribution is 0.609. The molecular weight excluding hydrogens is 328 g/mol. The Bertz CT molecular complexity index is 834. The average Bonchev–Trinajstić information content (AvgIpc) is 2.96. The number of rotatable bonds is 5. The zero-order valence-electron chi connectivity index (χ0n) is 13.2. The molecule has 5 nitrogen and oxygen atoms in total. The molecule has 3 heterocycles. The molecule has 120 valence electrons. The summed E-state index contributed by atoms with van der Waals surface area (Å²) in [5, 5.41) is 2.80. The summed E-state index contributed by atoms with van der Waals surface area (Å²) in [5.41, 5.74) is 8.85. The van der Waals surface area contributed by atoms with Gasteiger partial charge in [-0.1, -0.05) is 18.7 Å². The van der Waals surface area contributed by atoms with Crippen molar-refractivity contribution >= 4 is 40.3 Å². The van der Waals surface area contributed by atoms with Gasteiger partial charge in [-0.05, 0) is 31.2 Å². The third kappa shape index (κ3) is 3.45. The largest absolute Gasteiger partial charge is 0.462 e. The average molecular weight is 346 g/mol. The number of hydrogen-bond donors (Lipinski definition) is 1. The first-order valence-electron chi connectivity index (χ1n) is 7.32. The SMILES string of the molecule is CCc1coc2cnc(C(C)Sc3nc(N)cc(SC)n3)cc12. The number of nitrogens with zero attached hydrogens (tertiary/aromatic N) is 3. The summed E-state index contributed by atoms with van der Waals surface area (Å²) in [7, 11) is 0. The Morgan fingerprint density at radius 2 is 2.13 bits per heavy atom. The molecule has 0 radical (unpaired) electrons. The lowest BCUT2D eigenvalue weighted by atomic mass is 10.1. The van der Waals surface area contributed by atoms with Gasteiger partial charge >= 0.3 is 0 Å². The molecule has 1 atom stereocenters. The van der Waals surface area contributed by atoms with Crippen molar-refractivity contribution in [3.63, 3.8) is 0 Å². The standard InChI is InChI=1S/C16H18N4OS2/c1-4-10-8-21-13-7-18-12(5-11(10)13)9(2)23-16-19-14(17)6-15(20-16)22-3/h5-9H,4H2,1-3H3,(H2,17,19,20). The highest BCUT2D eigenvalue weighted by atomic mass is 32.2. The molecule has 0 aliphatic rings. The number of hydrogen-bond acceptors (Lipinski definition) is 7. The van der Waals surface area contributed by atoms with E-state index < -0.39 is 0 Å². The predicted molar refractivity (Wildman–Crippen MR) is 95.9 cm³/mol. The van der Waals surface area contributed by atoms with Crippen LogP contribution in [0.1, 0.15) is 30.4 Å². The van der Waals surface area contributed by atoms with Gasteiger partial charge in [0.15, 0.2) is 10.7 Å². The van der Waals surface area contributed by atoms with Crippen molar-refractivity contribution in [3.05, 3.63) is 35.9 Å². The van der Waals surface area contributed by atoms with Gasteiger partial charge < -0.3 is 10.2 Å². The number of thioether (sulfide) groups is 2. The molecule has 0 spiro atoms. The molecule has 0 saturated carbocycles. The van der Waals surface area contributed by atoms with Gasteiger partial charge in [0.05, 0.1) is 23.4 Å². The lowest BCUT2D eigenvalue weighted by Crippen LogP contribution is -1.99. The maximum atomic E-state index is 5.84. The molecule has 3 rings (SSSR count). The fraction of sp³-hybridized carbons (Fsp3) is 0.312. The van der Waals surface area contributed by atoms with Crippen molar-refractivity contribution in [2.75, 3.05) is 12.0 Å². The molecule has 1 unspecified atom stereocenters. The second-order valence-electron chi connectivity index (χ2n) is 5.10. The number of anilines is 1. The number of nitrogens with two attached hydrogens (primary N) is 1. The number of pyridine rings is 1. The minimum atomic E-state index is 0.121. The van der Waals surface area contributed by atoms with E-state index in [0.717, 1.165) is 28.1 Å². The topological polar surface area (TPSA) is 77.8 Å². The minimum absolute atomic E-state index is 0.121. The smallest absolute Gasteiger partial charge is 0.191 e. The summed E-state index contributed by atoms with van der Waals surface area (Å²) < 4.78 is 5.53. The number of aryl methyl sites for hydroxylation is 1. The molecule has 0 saturated heterocycles. The van der Waals surface area contributed by atoms with Crippen LogP contribution < -0.4 is 5.73 Å². The van der Waals surface area contributed by atoms with E-state index in [2.05, 4.69) is 34.9 Å². The van der Waals surface area contributed by atoms with Crippen molar-refractivity contribution in [2.45, 2.75) is 35.7 Å². The number of nitrogen functional groups attached to an aromatic ring is 1. The summed E-state index contributed by atoms with van der Waals surface area (Å²) in [6, 6.07) is 3.87. The van der Waals surface area contributed by atoms with Crippen LogP contribution in [0.25, 0.3) is 11.0 Å². The molecule has 7 heteroatoms. The summed E-state index contributed by atoms with van der Waals surface area (Å²) in [6.45, 7) is 4.21. The van der Waals surface area contributed by atoms with Crippen molar-refractivity contribution in [3.8, 4) is 0 Å². The Hall–Kier alpha value is -1.73. The van der Waals surface area contributed by atoms with E-state index in [1.165, 1.54) is 5.56 Å². The Kier molecular flexibility index (Phi) is 4.77. The van der Waals surface area contributed by atoms with Crippen LogP contribution in [0.2, 0.25) is 0 Å². The van der Waals surface area contributed by atoms with Gasteiger partial charge in [-0.25, -0.2) is 9.97 Å². The fourth-order valence-corrected chi connectivity index (χ4v) is 3.64. The zero-order valence-corrected chi connectivity index (χ0v) is 14.9. The van der Waals surface area contributed by atoms with Gasteiger partial charge in [-0.15, -0.1) is 11.8 Å². The van der Waals surface area contributed by atoms with Crippen LogP contribution in [0.3, 0.4) is 0 Å². The highest BCUT2D eigenvalue weighted by Gasteiger charge is 2.15. The predicted octanol–water partition coefficient (Wildman–Crippen LogP) is 4.34. The number of aromatic nitrogens is 3. The van der Waals surface area contributed by atoms with Crippen LogP contribution >= 0.6 is 23.5 Å². The minimum Gasteiger partial charge on any atom is -0.462 e. The molecular formula is C16H18N4OS2. The van der Waals surface area contributed by atoms with Crippen LogP contribution in [-0.4, -0.2) is 21.2 Å². The van der Waals surface area contributed by atoms with Gasteiger partial charge in [0.25, 0.3) is 0 Å².